The summed E-state index contributed by atoms with van der Waals surface area (Å²) in [5, 5.41) is 13.4. The number of aliphatic hydroxyl groups is 1. The van der Waals surface area contributed by atoms with Gasteiger partial charge in [0, 0.05) is 5.92 Å². The maximum absolute atomic E-state index is 9.53. The third-order valence-corrected chi connectivity index (χ3v) is 2.62. The molecule has 3 N–H and O–H groups in total. The molecule has 14 heavy (non-hydrogen) atoms. The average molecular weight is 197 g/mol. The molecule has 5 nitrogen and oxygen atoms in total. The predicted molar refractivity (Wildman–Crippen MR) is 49.5 cm³/mol. The van der Waals surface area contributed by atoms with Gasteiger partial charge in [-0.05, 0) is 25.3 Å². The molecular weight excluding hydrogens is 182 g/mol. The fourth-order valence-electron chi connectivity index (χ4n) is 1.50. The maximum atomic E-state index is 9.53. The number of nitrogens with two attached hydrogens (primary N) is 1. The fourth-order valence-corrected chi connectivity index (χ4v) is 1.50. The van der Waals surface area contributed by atoms with Crippen LogP contribution in [0.2, 0.25) is 0 Å². The number of hydrogen-bond donors (Lipinski definition) is 2. The molecule has 0 aliphatic heterocycles. The van der Waals surface area contributed by atoms with Gasteiger partial charge in [0.25, 0.3) is 5.89 Å². The Bertz CT molecular complexity index is 313. The number of aromatic nitrogens is 2. The van der Waals surface area contributed by atoms with Crippen molar-refractivity contribution < 1.29 is 9.63 Å². The van der Waals surface area contributed by atoms with Crippen LogP contribution in [0.5, 0.6) is 0 Å². The molecule has 1 fully saturated rings. The van der Waals surface area contributed by atoms with Crippen molar-refractivity contribution in [1.29, 1.82) is 0 Å². The van der Waals surface area contributed by atoms with E-state index < -0.39 is 6.10 Å². The van der Waals surface area contributed by atoms with Gasteiger partial charge < -0.3 is 15.4 Å². The average Bonchev–Trinajstić information content (AvgIpc) is 2.70. The van der Waals surface area contributed by atoms with E-state index in [1.165, 1.54) is 0 Å². The van der Waals surface area contributed by atoms with Gasteiger partial charge in [0.1, 0.15) is 6.10 Å². The SMILES string of the molecule is CC1CC1c1noc(C(O)CCN)n1. The van der Waals surface area contributed by atoms with Crippen molar-refractivity contribution >= 4 is 0 Å². The molecule has 0 saturated heterocycles. The molecule has 1 aromatic heterocycles. The molecule has 78 valence electrons. The minimum atomic E-state index is -0.713. The summed E-state index contributed by atoms with van der Waals surface area (Å²) >= 11 is 0. The lowest BCUT2D eigenvalue weighted by molar-refractivity contribution is 0.127. The van der Waals surface area contributed by atoms with Crippen molar-refractivity contribution in [2.45, 2.75) is 31.8 Å². The van der Waals surface area contributed by atoms with Gasteiger partial charge in [-0.15, -0.1) is 0 Å². The molecule has 1 heterocycles. The lowest BCUT2D eigenvalue weighted by Gasteiger charge is -2.00. The fraction of sp³-hybridized carbons (Fsp3) is 0.778. The smallest absolute Gasteiger partial charge is 0.255 e. The molecule has 0 radical (unpaired) electrons. The van der Waals surface area contributed by atoms with Gasteiger partial charge in [0.05, 0.1) is 0 Å². The normalized spacial score (nSPS) is 27.6. The first-order valence-electron chi connectivity index (χ1n) is 4.94. The second-order valence-electron chi connectivity index (χ2n) is 3.90. The molecule has 2 rings (SSSR count). The van der Waals surface area contributed by atoms with Gasteiger partial charge in [-0.25, -0.2) is 0 Å². The molecular formula is C9H15N3O2. The summed E-state index contributed by atoms with van der Waals surface area (Å²) in [6, 6.07) is 0. The maximum Gasteiger partial charge on any atom is 0.255 e. The van der Waals surface area contributed by atoms with Crippen LogP contribution in [0.3, 0.4) is 0 Å². The van der Waals surface area contributed by atoms with E-state index in [-0.39, 0.29) is 0 Å². The lowest BCUT2D eigenvalue weighted by atomic mass is 10.2. The Hall–Kier alpha value is -0.940. The zero-order valence-electron chi connectivity index (χ0n) is 8.18. The van der Waals surface area contributed by atoms with Gasteiger partial charge in [0.15, 0.2) is 5.82 Å². The van der Waals surface area contributed by atoms with Crippen molar-refractivity contribution in [1.82, 2.24) is 10.1 Å². The molecule has 1 aliphatic rings. The molecule has 3 unspecified atom stereocenters. The molecule has 1 aromatic rings. The highest BCUT2D eigenvalue weighted by molar-refractivity contribution is 5.08. The summed E-state index contributed by atoms with van der Waals surface area (Å²) in [7, 11) is 0. The zero-order valence-corrected chi connectivity index (χ0v) is 8.18. The van der Waals surface area contributed by atoms with E-state index in [2.05, 4.69) is 17.1 Å². The van der Waals surface area contributed by atoms with E-state index >= 15 is 0 Å². The van der Waals surface area contributed by atoms with Crippen LogP contribution in [-0.4, -0.2) is 21.8 Å². The van der Waals surface area contributed by atoms with Crippen LogP contribution in [0.4, 0.5) is 0 Å². The van der Waals surface area contributed by atoms with Gasteiger partial charge in [-0.2, -0.15) is 4.98 Å². The van der Waals surface area contributed by atoms with Crippen molar-refractivity contribution in [2.24, 2.45) is 11.7 Å². The van der Waals surface area contributed by atoms with Gasteiger partial charge in [-0.1, -0.05) is 12.1 Å². The Morgan fingerprint density at radius 2 is 2.43 bits per heavy atom. The number of rotatable bonds is 4. The van der Waals surface area contributed by atoms with Crippen LogP contribution in [0.15, 0.2) is 4.52 Å². The Morgan fingerprint density at radius 3 is 3.00 bits per heavy atom. The summed E-state index contributed by atoms with van der Waals surface area (Å²) < 4.78 is 4.96. The Kier molecular flexibility index (Phi) is 2.52. The summed E-state index contributed by atoms with van der Waals surface area (Å²) in [6.07, 6.45) is 0.865. The molecule has 0 bridgehead atoms. The first-order chi connectivity index (χ1) is 6.72. The molecule has 3 atom stereocenters. The van der Waals surface area contributed by atoms with Crippen molar-refractivity contribution in [3.8, 4) is 0 Å². The van der Waals surface area contributed by atoms with Crippen molar-refractivity contribution in [3.63, 3.8) is 0 Å². The Balaban J connectivity index is 2.02. The van der Waals surface area contributed by atoms with E-state index in [9.17, 15) is 5.11 Å². The minimum Gasteiger partial charge on any atom is -0.383 e. The standard InChI is InChI=1S/C9H15N3O2/c1-5-4-6(5)8-11-9(14-12-8)7(13)2-3-10/h5-7,13H,2-4,10H2,1H3. The summed E-state index contributed by atoms with van der Waals surface area (Å²) in [6.45, 7) is 2.57. The number of nitrogens with zero attached hydrogens (tertiary/aromatic N) is 2. The van der Waals surface area contributed by atoms with Gasteiger partial charge in [0.2, 0.25) is 0 Å². The highest BCUT2D eigenvalue weighted by Gasteiger charge is 2.38. The van der Waals surface area contributed by atoms with E-state index in [1.54, 1.807) is 0 Å². The predicted octanol–water partition coefficient (Wildman–Crippen LogP) is 0.575. The molecule has 1 aliphatic carbocycles. The minimum absolute atomic E-state index is 0.296. The van der Waals surface area contributed by atoms with E-state index in [0.29, 0.717) is 30.7 Å². The summed E-state index contributed by atoms with van der Waals surface area (Å²) in [5.41, 5.74) is 5.32. The first-order valence-corrected chi connectivity index (χ1v) is 4.94. The quantitative estimate of drug-likeness (QED) is 0.737. The second-order valence-corrected chi connectivity index (χ2v) is 3.90. The topological polar surface area (TPSA) is 85.2 Å². The molecule has 0 aromatic carbocycles. The highest BCUT2D eigenvalue weighted by atomic mass is 16.5. The molecule has 0 amide bonds. The van der Waals surface area contributed by atoms with E-state index in [0.717, 1.165) is 12.2 Å². The van der Waals surface area contributed by atoms with Crippen LogP contribution in [0.1, 0.15) is 43.5 Å². The number of hydrogen-bond acceptors (Lipinski definition) is 5. The lowest BCUT2D eigenvalue weighted by Crippen LogP contribution is -2.06. The largest absolute Gasteiger partial charge is 0.383 e. The third-order valence-electron chi connectivity index (χ3n) is 2.62. The van der Waals surface area contributed by atoms with Crippen molar-refractivity contribution in [2.75, 3.05) is 6.54 Å². The van der Waals surface area contributed by atoms with Crippen LogP contribution >= 0.6 is 0 Å². The molecule has 0 spiro atoms. The molecule has 5 heteroatoms. The zero-order chi connectivity index (χ0) is 10.1. The third kappa shape index (κ3) is 1.78. The van der Waals surface area contributed by atoms with E-state index in [1.807, 2.05) is 0 Å². The monoisotopic (exact) mass is 197 g/mol. The van der Waals surface area contributed by atoms with Crippen LogP contribution in [0, 0.1) is 5.92 Å². The van der Waals surface area contributed by atoms with Crippen LogP contribution in [0.25, 0.3) is 0 Å². The van der Waals surface area contributed by atoms with Gasteiger partial charge in [-0.3, -0.25) is 0 Å². The van der Waals surface area contributed by atoms with E-state index in [4.69, 9.17) is 10.3 Å². The Labute approximate surface area is 82.3 Å². The van der Waals surface area contributed by atoms with Crippen molar-refractivity contribution in [3.05, 3.63) is 11.7 Å². The van der Waals surface area contributed by atoms with Crippen LogP contribution in [-0.2, 0) is 0 Å². The van der Waals surface area contributed by atoms with Crippen LogP contribution < -0.4 is 5.73 Å². The second kappa shape index (κ2) is 3.67. The number of aliphatic hydroxyl groups excluding tert-OH is 1. The summed E-state index contributed by atoms with van der Waals surface area (Å²) in [4.78, 5) is 4.16. The van der Waals surface area contributed by atoms with Gasteiger partial charge >= 0.3 is 0 Å². The first kappa shape index (κ1) is 9.61. The highest BCUT2D eigenvalue weighted by Crippen LogP contribution is 2.45. The Morgan fingerprint density at radius 1 is 1.71 bits per heavy atom. The molecule has 1 saturated carbocycles. The summed E-state index contributed by atoms with van der Waals surface area (Å²) in [5.74, 6) is 2.10.